The lowest BCUT2D eigenvalue weighted by Gasteiger charge is -2.35. The molecule has 3 aliphatic heterocycles. The van der Waals surface area contributed by atoms with Crippen LogP contribution in [0.1, 0.15) is 145 Å². The fourth-order valence-corrected chi connectivity index (χ4v) is 12.3. The van der Waals surface area contributed by atoms with E-state index in [1.807, 2.05) is 0 Å². The van der Waals surface area contributed by atoms with E-state index in [1.54, 1.807) is 41.5 Å². The zero-order valence-electron chi connectivity index (χ0n) is 58.4. The Morgan fingerprint density at radius 1 is 0.490 bits per heavy atom. The molecule has 12 amide bonds. The number of guanidine groups is 1. The number of aliphatic hydroxyl groups is 2. The number of hydrogen-bond acceptors (Lipinski definition) is 21. The van der Waals surface area contributed by atoms with Gasteiger partial charge in [-0.15, -0.1) is 0 Å². The van der Waals surface area contributed by atoms with Gasteiger partial charge in [0.05, 0.1) is 25.4 Å². The third kappa shape index (κ3) is 26.7. The molecule has 0 aromatic heterocycles. The minimum Gasteiger partial charge on any atom is -0.480 e. The summed E-state index contributed by atoms with van der Waals surface area (Å²) in [7, 11) is -5.45. The van der Waals surface area contributed by atoms with Crippen molar-refractivity contribution in [1.82, 2.24) is 62.6 Å². The number of carboxylic acids is 1. The first-order valence-corrected chi connectivity index (χ1v) is 35.5. The van der Waals surface area contributed by atoms with Gasteiger partial charge in [-0.1, -0.05) is 48.0 Å². The summed E-state index contributed by atoms with van der Waals surface area (Å²) in [4.78, 5) is 207. The normalized spacial score (nSPS) is 19.5. The zero-order valence-corrected chi connectivity index (χ0v) is 59.2. The molecule has 0 spiro atoms. The summed E-state index contributed by atoms with van der Waals surface area (Å²) >= 11 is 0. The number of likely N-dealkylation sites (tertiary alicyclic amines) is 3. The van der Waals surface area contributed by atoms with Crippen LogP contribution in [0.4, 0.5) is 0 Å². The standard InChI is InChI=1S/C61H109N18O20P/c1-31(2)44(74-49(83)36(64)17-9-11-23-62)54(88)68-34(7)48(82)73-46(33(5)6)56(90)75-45(32(3)4)55(89)70-38(19-13-25-67-61(65)66)51(85)76-47(35(8)99-100(96,97)98)59(93)79-28-16-22-43(79)58(92)78-27-15-21-42(78)52(86)69-37(18-10-12-24-63)50(84)71-39(29-80)57(91)77-26-14-20-41(77)53(87)72-40(30-81)60(94)95/h31-47,80-81H,9-30,62-64H2,1-8H3,(H,68,88)(H,69,86)(H,70,89)(H,71,84)(H,72,87)(H,73,82)(H,74,83)(H,75,90)(H,76,85)(H,94,95)(H4,65,66,67)(H2,96,97,98)/t34-,35+,36-,37-,38-,39-,40-,41-,42-,43-,44-,45-,46-,47-/m0/s1. The monoisotopic (exact) mass is 1440 g/mol. The minimum atomic E-state index is -5.45. The van der Waals surface area contributed by atoms with Crippen LogP contribution >= 0.6 is 7.82 Å². The lowest BCUT2D eigenvalue weighted by atomic mass is 9.98. The number of hydrogen-bond donors (Lipinski definition) is 19. The van der Waals surface area contributed by atoms with Crippen LogP contribution in [-0.2, 0) is 71.4 Å². The molecule has 3 aliphatic rings. The predicted molar refractivity (Wildman–Crippen MR) is 360 cm³/mol. The lowest BCUT2D eigenvalue weighted by Crippen LogP contribution is -2.62. The summed E-state index contributed by atoms with van der Waals surface area (Å²) in [6, 6.07) is -18.1. The SMILES string of the molecule is CC(C)[C@H](NC(=O)[C@H](C)NC(=O)[C@@H](NC(=O)[C@@H](N)CCCCN)C(C)C)C(=O)N[C@H](C(=O)N[C@@H](CCCN=C(N)N)C(=O)N[C@H](C(=O)N1CCC[C@H]1C(=O)N1CCC[C@H]1C(=O)N[C@@H](CCCCN)C(=O)N[C@@H](CO)C(=O)N1CCC[C@H]1C(=O)N[C@@H](CO)C(=O)O)[C@@H](C)OP(=O)(O)O)C(C)C. The van der Waals surface area contributed by atoms with E-state index in [0.29, 0.717) is 38.6 Å². The zero-order chi connectivity index (χ0) is 75.5. The van der Waals surface area contributed by atoms with Crippen molar-refractivity contribution in [1.29, 1.82) is 0 Å². The van der Waals surface area contributed by atoms with Crippen LogP contribution in [0.25, 0.3) is 0 Å². The maximum Gasteiger partial charge on any atom is 0.469 e. The summed E-state index contributed by atoms with van der Waals surface area (Å²) in [5.41, 5.74) is 28.4. The minimum absolute atomic E-state index is 0.000665. The number of amides is 12. The van der Waals surface area contributed by atoms with E-state index in [9.17, 15) is 92.0 Å². The number of carbonyl (C=O) groups is 13. The molecule has 100 heavy (non-hydrogen) atoms. The third-order valence-electron chi connectivity index (χ3n) is 17.4. The Kier molecular flexibility index (Phi) is 36.2. The Labute approximate surface area is 581 Å². The number of aliphatic hydroxyl groups excluding tert-OH is 2. The van der Waals surface area contributed by atoms with Crippen LogP contribution in [0.5, 0.6) is 0 Å². The number of unbranched alkanes of at least 4 members (excludes halogenated alkanes) is 2. The maximum absolute atomic E-state index is 14.9. The van der Waals surface area contributed by atoms with Gasteiger partial charge < -0.3 is 116 Å². The molecule has 3 saturated heterocycles. The number of nitrogens with zero attached hydrogens (tertiary/aromatic N) is 4. The summed E-state index contributed by atoms with van der Waals surface area (Å²) < 4.78 is 17.4. The molecular weight excluding hydrogens is 1340 g/mol. The molecule has 0 aromatic carbocycles. The van der Waals surface area contributed by atoms with Crippen molar-refractivity contribution in [2.24, 2.45) is 51.4 Å². The first-order valence-electron chi connectivity index (χ1n) is 34.0. The van der Waals surface area contributed by atoms with Gasteiger partial charge in [0, 0.05) is 26.2 Å². The van der Waals surface area contributed by atoms with Gasteiger partial charge in [0.1, 0.15) is 72.5 Å². The number of aliphatic carboxylic acids is 1. The number of nitrogens with one attached hydrogen (secondary N) is 9. The third-order valence-corrected chi connectivity index (χ3v) is 18.0. The second kappa shape index (κ2) is 41.9. The smallest absolute Gasteiger partial charge is 0.469 e. The van der Waals surface area contributed by atoms with Gasteiger partial charge in [-0.05, 0) is 128 Å². The van der Waals surface area contributed by atoms with E-state index in [4.69, 9.17) is 33.2 Å². The van der Waals surface area contributed by atoms with E-state index >= 15 is 0 Å². The van der Waals surface area contributed by atoms with Crippen molar-refractivity contribution in [3.05, 3.63) is 0 Å². The van der Waals surface area contributed by atoms with E-state index in [1.165, 1.54) is 11.8 Å². The molecule has 24 N–H and O–H groups in total. The first kappa shape index (κ1) is 86.5. The summed E-state index contributed by atoms with van der Waals surface area (Å²) in [5.74, 6) is -13.9. The van der Waals surface area contributed by atoms with E-state index in [2.05, 4.69) is 52.8 Å². The Hall–Kier alpha value is -7.71. The summed E-state index contributed by atoms with van der Waals surface area (Å²) in [5, 5.41) is 51.9. The van der Waals surface area contributed by atoms with Gasteiger partial charge in [0.25, 0.3) is 0 Å². The molecule has 3 fully saturated rings. The van der Waals surface area contributed by atoms with Crippen molar-refractivity contribution in [2.45, 2.75) is 230 Å². The summed E-state index contributed by atoms with van der Waals surface area (Å²) in [6.07, 6.45) is 0.981. The molecular formula is C61H109N18O20P. The van der Waals surface area contributed by atoms with Crippen LogP contribution in [0.2, 0.25) is 0 Å². The number of carbonyl (C=O) groups excluding carboxylic acids is 12. The van der Waals surface area contributed by atoms with Crippen molar-refractivity contribution < 1.29 is 96.5 Å². The topological polar surface area (TPSA) is 610 Å². The molecule has 14 atom stereocenters. The highest BCUT2D eigenvalue weighted by atomic mass is 31.2. The van der Waals surface area contributed by atoms with E-state index in [0.717, 1.165) is 16.7 Å². The fraction of sp³-hybridized carbons (Fsp3) is 0.770. The molecule has 0 radical (unpaired) electrons. The largest absolute Gasteiger partial charge is 0.480 e. The average Bonchev–Trinajstić information content (AvgIpc) is 1.58. The number of phosphoric ester groups is 1. The van der Waals surface area contributed by atoms with Crippen LogP contribution in [0, 0.1) is 17.8 Å². The van der Waals surface area contributed by atoms with Crippen molar-refractivity contribution in [2.75, 3.05) is 52.5 Å². The molecule has 0 saturated carbocycles. The molecule has 3 heterocycles. The van der Waals surface area contributed by atoms with E-state index < -0.39 is 200 Å². The first-order chi connectivity index (χ1) is 46.9. The highest BCUT2D eigenvalue weighted by molar-refractivity contribution is 7.46. The van der Waals surface area contributed by atoms with Gasteiger partial charge in [-0.3, -0.25) is 67.1 Å². The maximum atomic E-state index is 14.9. The molecule has 0 unspecified atom stereocenters. The molecule has 39 heteroatoms. The Morgan fingerprint density at radius 2 is 0.900 bits per heavy atom. The summed E-state index contributed by atoms with van der Waals surface area (Å²) in [6.45, 7) is 10.6. The van der Waals surface area contributed by atoms with Crippen LogP contribution in [-0.4, -0.2) is 260 Å². The molecule has 0 aromatic rings. The highest BCUT2D eigenvalue weighted by Crippen LogP contribution is 2.39. The molecule has 568 valence electrons. The number of phosphoric acid groups is 1. The second-order valence-corrected chi connectivity index (χ2v) is 27.5. The van der Waals surface area contributed by atoms with Crippen molar-refractivity contribution >= 4 is 90.6 Å². The lowest BCUT2D eigenvalue weighted by molar-refractivity contribution is -0.149. The van der Waals surface area contributed by atoms with Crippen LogP contribution < -0.4 is 76.5 Å². The highest BCUT2D eigenvalue weighted by Gasteiger charge is 2.47. The molecule has 0 bridgehead atoms. The molecule has 38 nitrogen and oxygen atoms in total. The Balaban J connectivity index is 1.88. The number of rotatable bonds is 42. The van der Waals surface area contributed by atoms with Gasteiger partial charge >= 0.3 is 13.8 Å². The van der Waals surface area contributed by atoms with Crippen molar-refractivity contribution in [3.8, 4) is 0 Å². The molecule has 3 rings (SSSR count). The van der Waals surface area contributed by atoms with Gasteiger partial charge in [0.15, 0.2) is 5.96 Å². The number of nitrogens with two attached hydrogens (primary N) is 5. The van der Waals surface area contributed by atoms with Crippen LogP contribution in [0.3, 0.4) is 0 Å². The second-order valence-electron chi connectivity index (χ2n) is 26.3. The fourth-order valence-electron chi connectivity index (χ4n) is 11.7. The quantitative estimate of drug-likeness (QED) is 0.0117. The van der Waals surface area contributed by atoms with Gasteiger partial charge in [-0.25, -0.2) is 9.36 Å². The Bertz CT molecular complexity index is 2900. The number of aliphatic imine (C=N–C) groups is 1. The van der Waals surface area contributed by atoms with Crippen molar-refractivity contribution in [3.63, 3.8) is 0 Å². The predicted octanol–water partition coefficient (Wildman–Crippen LogP) is -6.48. The van der Waals surface area contributed by atoms with E-state index in [-0.39, 0.29) is 96.5 Å². The molecule has 0 aliphatic carbocycles. The van der Waals surface area contributed by atoms with Gasteiger partial charge in [-0.2, -0.15) is 0 Å². The van der Waals surface area contributed by atoms with Gasteiger partial charge in [0.2, 0.25) is 70.9 Å². The average molecular weight is 1450 g/mol. The Morgan fingerprint density at radius 3 is 1.40 bits per heavy atom. The number of carboxylic acid groups (broad SMARTS) is 1. The van der Waals surface area contributed by atoms with Crippen LogP contribution in [0.15, 0.2) is 4.99 Å².